The standard InChI is InChI=1S/C21H29N5O2.ClH/c1-3-18(28-17-6-4-5-15(2)13-17)21(27)25-10-7-16(8-11-25)20-24-23-19-14-22-9-12-26(19)20;/h4-6,13,16,18,22H,3,7-12,14H2,1-2H3;1H. The molecule has 1 saturated heterocycles. The molecule has 0 aliphatic carbocycles. The maximum atomic E-state index is 13.0. The first-order chi connectivity index (χ1) is 13.7. The molecule has 0 bridgehead atoms. The Balaban J connectivity index is 0.00000240. The summed E-state index contributed by atoms with van der Waals surface area (Å²) in [5.41, 5.74) is 1.13. The van der Waals surface area contributed by atoms with E-state index in [1.54, 1.807) is 0 Å². The predicted octanol–water partition coefficient (Wildman–Crippen LogP) is 2.68. The topological polar surface area (TPSA) is 72.3 Å². The zero-order chi connectivity index (χ0) is 19.5. The van der Waals surface area contributed by atoms with Crippen molar-refractivity contribution in [2.24, 2.45) is 0 Å². The van der Waals surface area contributed by atoms with Gasteiger partial charge >= 0.3 is 0 Å². The van der Waals surface area contributed by atoms with Crippen LogP contribution in [0.5, 0.6) is 5.75 Å². The van der Waals surface area contributed by atoms with Gasteiger partial charge in [0.25, 0.3) is 5.91 Å². The normalized spacial score (nSPS) is 17.9. The van der Waals surface area contributed by atoms with Gasteiger partial charge in [-0.1, -0.05) is 19.1 Å². The highest BCUT2D eigenvalue weighted by molar-refractivity contribution is 5.85. The van der Waals surface area contributed by atoms with E-state index in [-0.39, 0.29) is 18.3 Å². The largest absolute Gasteiger partial charge is 0.481 e. The smallest absolute Gasteiger partial charge is 0.263 e. The van der Waals surface area contributed by atoms with Crippen LogP contribution >= 0.6 is 12.4 Å². The van der Waals surface area contributed by atoms with E-state index in [1.165, 1.54) is 0 Å². The number of aryl methyl sites for hydroxylation is 1. The summed E-state index contributed by atoms with van der Waals surface area (Å²) in [7, 11) is 0. The van der Waals surface area contributed by atoms with E-state index in [2.05, 4.69) is 20.1 Å². The highest BCUT2D eigenvalue weighted by atomic mass is 35.5. The molecule has 1 aromatic heterocycles. The van der Waals surface area contributed by atoms with Gasteiger partial charge in [0.15, 0.2) is 6.10 Å². The molecule has 2 aliphatic heterocycles. The number of carbonyl (C=O) groups excluding carboxylic acids is 1. The molecule has 0 saturated carbocycles. The molecule has 2 aromatic rings. The lowest BCUT2D eigenvalue weighted by molar-refractivity contribution is -0.140. The summed E-state index contributed by atoms with van der Waals surface area (Å²) >= 11 is 0. The van der Waals surface area contributed by atoms with Gasteiger partial charge in [-0.3, -0.25) is 4.79 Å². The number of likely N-dealkylation sites (tertiary alicyclic amines) is 1. The highest BCUT2D eigenvalue weighted by Gasteiger charge is 2.31. The summed E-state index contributed by atoms with van der Waals surface area (Å²) in [5, 5.41) is 12.1. The molecule has 1 atom stereocenters. The second-order valence-electron chi connectivity index (χ2n) is 7.73. The van der Waals surface area contributed by atoms with Gasteiger partial charge in [-0.15, -0.1) is 22.6 Å². The van der Waals surface area contributed by atoms with Crippen molar-refractivity contribution in [3.05, 3.63) is 41.5 Å². The number of amides is 1. The van der Waals surface area contributed by atoms with Crippen LogP contribution in [0.3, 0.4) is 0 Å². The van der Waals surface area contributed by atoms with Crippen molar-refractivity contribution in [3.8, 4) is 5.75 Å². The minimum absolute atomic E-state index is 0. The molecule has 8 heteroatoms. The molecule has 158 valence electrons. The summed E-state index contributed by atoms with van der Waals surface area (Å²) in [6, 6.07) is 7.88. The van der Waals surface area contributed by atoms with Gasteiger partial charge in [0.05, 0.1) is 6.54 Å². The van der Waals surface area contributed by atoms with Crippen LogP contribution < -0.4 is 10.1 Å². The van der Waals surface area contributed by atoms with Crippen LogP contribution in [-0.2, 0) is 17.9 Å². The lowest BCUT2D eigenvalue weighted by atomic mass is 9.95. The van der Waals surface area contributed by atoms with Crippen LogP contribution in [0.15, 0.2) is 24.3 Å². The number of fused-ring (bicyclic) bond motifs is 1. The van der Waals surface area contributed by atoms with Crippen molar-refractivity contribution in [1.82, 2.24) is 25.0 Å². The summed E-state index contributed by atoms with van der Waals surface area (Å²) in [4.78, 5) is 15.0. The molecule has 29 heavy (non-hydrogen) atoms. The van der Waals surface area contributed by atoms with E-state index in [4.69, 9.17) is 4.74 Å². The third kappa shape index (κ3) is 4.73. The number of hydrogen-bond acceptors (Lipinski definition) is 5. The van der Waals surface area contributed by atoms with Gasteiger partial charge in [-0.2, -0.15) is 0 Å². The molecule has 3 heterocycles. The number of aromatic nitrogens is 3. The average molecular weight is 420 g/mol. The third-order valence-corrected chi connectivity index (χ3v) is 5.74. The van der Waals surface area contributed by atoms with Crippen LogP contribution in [0, 0.1) is 6.92 Å². The van der Waals surface area contributed by atoms with Gasteiger partial charge in [0.2, 0.25) is 0 Å². The van der Waals surface area contributed by atoms with Gasteiger partial charge in [0, 0.05) is 32.1 Å². The molecule has 1 fully saturated rings. The SMILES string of the molecule is CCC(Oc1cccc(C)c1)C(=O)N1CCC(c2nnc3n2CCNC3)CC1.Cl. The fourth-order valence-corrected chi connectivity index (χ4v) is 4.14. The minimum atomic E-state index is -0.426. The molecular weight excluding hydrogens is 390 g/mol. The van der Waals surface area contributed by atoms with Crippen molar-refractivity contribution in [3.63, 3.8) is 0 Å². The van der Waals surface area contributed by atoms with Gasteiger partial charge in [-0.25, -0.2) is 0 Å². The maximum Gasteiger partial charge on any atom is 0.263 e. The number of nitrogens with one attached hydrogen (secondary N) is 1. The van der Waals surface area contributed by atoms with Crippen LogP contribution in [0.2, 0.25) is 0 Å². The lowest BCUT2D eigenvalue weighted by Gasteiger charge is -2.34. The van der Waals surface area contributed by atoms with E-state index < -0.39 is 6.10 Å². The number of nitrogens with zero attached hydrogens (tertiary/aromatic N) is 4. The lowest BCUT2D eigenvalue weighted by Crippen LogP contribution is -2.45. The molecule has 1 N–H and O–H groups in total. The maximum absolute atomic E-state index is 13.0. The van der Waals surface area contributed by atoms with E-state index in [1.807, 2.05) is 43.0 Å². The summed E-state index contributed by atoms with van der Waals surface area (Å²) < 4.78 is 8.27. The number of rotatable bonds is 5. The fraction of sp³-hybridized carbons (Fsp3) is 0.571. The highest BCUT2D eigenvalue weighted by Crippen LogP contribution is 2.28. The first-order valence-electron chi connectivity index (χ1n) is 10.3. The fourth-order valence-electron chi connectivity index (χ4n) is 4.14. The first kappa shape index (κ1) is 21.6. The number of piperidine rings is 1. The van der Waals surface area contributed by atoms with Crippen molar-refractivity contribution < 1.29 is 9.53 Å². The monoisotopic (exact) mass is 419 g/mol. The summed E-state index contributed by atoms with van der Waals surface area (Å²) in [5.74, 6) is 3.35. The summed E-state index contributed by atoms with van der Waals surface area (Å²) in [6.07, 6.45) is 2.10. The Morgan fingerprint density at radius 3 is 2.79 bits per heavy atom. The van der Waals surface area contributed by atoms with Crippen molar-refractivity contribution in [2.75, 3.05) is 19.6 Å². The number of hydrogen-bond donors (Lipinski definition) is 1. The Morgan fingerprint density at radius 1 is 1.28 bits per heavy atom. The second kappa shape index (κ2) is 9.59. The molecule has 1 amide bonds. The van der Waals surface area contributed by atoms with Crippen LogP contribution in [0.4, 0.5) is 0 Å². The van der Waals surface area contributed by atoms with Gasteiger partial charge in [0.1, 0.15) is 17.4 Å². The predicted molar refractivity (Wildman–Crippen MR) is 113 cm³/mol. The van der Waals surface area contributed by atoms with Crippen LogP contribution in [0.25, 0.3) is 0 Å². The Morgan fingerprint density at radius 2 is 2.07 bits per heavy atom. The molecule has 7 nitrogen and oxygen atoms in total. The van der Waals surface area contributed by atoms with Crippen LogP contribution in [0.1, 0.15) is 49.3 Å². The van der Waals surface area contributed by atoms with Gasteiger partial charge in [-0.05, 0) is 43.9 Å². The third-order valence-electron chi connectivity index (χ3n) is 5.74. The Labute approximate surface area is 178 Å². The first-order valence-corrected chi connectivity index (χ1v) is 10.3. The number of ether oxygens (including phenoxy) is 1. The van der Waals surface area contributed by atoms with Crippen molar-refractivity contribution in [2.45, 2.75) is 58.2 Å². The van der Waals surface area contributed by atoms with Crippen molar-refractivity contribution in [1.29, 1.82) is 0 Å². The molecule has 2 aliphatic rings. The molecule has 4 rings (SSSR count). The summed E-state index contributed by atoms with van der Waals surface area (Å²) in [6.45, 7) is 8.21. The van der Waals surface area contributed by atoms with E-state index in [0.29, 0.717) is 12.3 Å². The second-order valence-corrected chi connectivity index (χ2v) is 7.73. The zero-order valence-corrected chi connectivity index (χ0v) is 18.0. The molecule has 0 radical (unpaired) electrons. The van der Waals surface area contributed by atoms with E-state index >= 15 is 0 Å². The number of carbonyl (C=O) groups is 1. The van der Waals surface area contributed by atoms with Crippen LogP contribution in [-0.4, -0.2) is 51.3 Å². The quantitative estimate of drug-likeness (QED) is 0.806. The minimum Gasteiger partial charge on any atom is -0.481 e. The number of benzene rings is 1. The molecule has 0 spiro atoms. The van der Waals surface area contributed by atoms with E-state index in [0.717, 1.165) is 68.5 Å². The van der Waals surface area contributed by atoms with Crippen molar-refractivity contribution >= 4 is 18.3 Å². The number of halogens is 1. The molecule has 1 unspecified atom stereocenters. The van der Waals surface area contributed by atoms with Gasteiger partial charge < -0.3 is 19.5 Å². The Bertz CT molecular complexity index is 832. The Hall–Kier alpha value is -2.12. The van der Waals surface area contributed by atoms with E-state index in [9.17, 15) is 4.79 Å². The molecule has 1 aromatic carbocycles. The average Bonchev–Trinajstić information content (AvgIpc) is 3.16. The Kier molecular flexibility index (Phi) is 7.14. The zero-order valence-electron chi connectivity index (χ0n) is 17.1. The molecular formula is C21H30ClN5O2.